The van der Waals surface area contributed by atoms with Crippen LogP contribution in [0.25, 0.3) is 0 Å². The molecule has 0 N–H and O–H groups in total. The molecule has 0 rings (SSSR count). The normalized spacial score (nSPS) is 15.1. The summed E-state index contributed by atoms with van der Waals surface area (Å²) in [6, 6.07) is 0. The molecule has 0 bridgehead atoms. The lowest BCUT2D eigenvalue weighted by molar-refractivity contribution is -0.159. The number of alkyl halides is 3. The molecule has 0 saturated carbocycles. The van der Waals surface area contributed by atoms with Gasteiger partial charge in [0.25, 0.3) is 0 Å². The van der Waals surface area contributed by atoms with Gasteiger partial charge in [-0.3, -0.25) is 0 Å². The fourth-order valence-corrected chi connectivity index (χ4v) is 2.50. The number of carbonyl (C=O) groups is 1. The zero-order valence-corrected chi connectivity index (χ0v) is 17.2. The highest BCUT2D eigenvalue weighted by atomic mass is 127. The first-order valence-electron chi connectivity index (χ1n) is 7.11. The first-order valence-corrected chi connectivity index (χ1v) is 9.65. The van der Waals surface area contributed by atoms with Gasteiger partial charge >= 0.3 is 5.97 Å². The van der Waals surface area contributed by atoms with Gasteiger partial charge in [-0.05, 0) is 70.9 Å². The van der Waals surface area contributed by atoms with Crippen molar-refractivity contribution in [3.05, 3.63) is 0 Å². The summed E-state index contributed by atoms with van der Waals surface area (Å²) in [5.41, 5.74) is -0.323. The molecule has 0 spiro atoms. The van der Waals surface area contributed by atoms with E-state index in [0.717, 1.165) is 32.1 Å². The summed E-state index contributed by atoms with van der Waals surface area (Å²) in [4.78, 5) is 12.0. The number of unbranched alkanes of at least 4 members (excludes halogenated alkanes) is 3. The maximum absolute atomic E-state index is 12.0. The van der Waals surface area contributed by atoms with E-state index in [4.69, 9.17) is 16.3 Å². The summed E-state index contributed by atoms with van der Waals surface area (Å²) in [6.07, 6.45) is 8.54. The molecule has 5 heteroatoms. The highest BCUT2D eigenvalue weighted by molar-refractivity contribution is 14.2. The average molecular weight is 515 g/mol. The van der Waals surface area contributed by atoms with Gasteiger partial charge in [-0.15, -0.1) is 0 Å². The fourth-order valence-electron chi connectivity index (χ4n) is 2.24. The third-order valence-corrected chi connectivity index (χ3v) is 4.41. The lowest BCUT2D eigenvalue weighted by atomic mass is 9.88. The zero-order chi connectivity index (χ0) is 14.9. The van der Waals surface area contributed by atoms with Crippen LogP contribution in [0, 0.1) is 0 Å². The van der Waals surface area contributed by atoms with E-state index in [0.29, 0.717) is 0 Å². The second-order valence-corrected chi connectivity index (χ2v) is 12.1. The van der Waals surface area contributed by atoms with Gasteiger partial charge in [0.2, 0.25) is 0.888 Å². The van der Waals surface area contributed by atoms with E-state index in [1.807, 2.05) is 45.2 Å². The molecule has 1 unspecified atom stereocenters. The summed E-state index contributed by atoms with van der Waals surface area (Å²) in [5.74, 6) is -0.318. The monoisotopic (exact) mass is 514 g/mol. The van der Waals surface area contributed by atoms with Crippen LogP contribution in [0.2, 0.25) is 0 Å². The van der Waals surface area contributed by atoms with Crippen molar-refractivity contribution in [2.24, 2.45) is 0 Å². The molecule has 0 radical (unpaired) electrons. The Hall–Kier alpha value is 1.22. The Morgan fingerprint density at radius 1 is 1.05 bits per heavy atom. The molecule has 0 fully saturated rings. The summed E-state index contributed by atoms with van der Waals surface area (Å²) in [5, 5.41) is 0. The van der Waals surface area contributed by atoms with Crippen molar-refractivity contribution in [2.45, 2.75) is 78.6 Å². The summed E-state index contributed by atoms with van der Waals surface area (Å²) < 4.78 is 4.79. The van der Waals surface area contributed by atoms with Crippen LogP contribution < -0.4 is 0 Å². The van der Waals surface area contributed by atoms with Crippen LogP contribution in [0.5, 0.6) is 0 Å². The van der Waals surface area contributed by atoms with Crippen molar-refractivity contribution in [3.8, 4) is 0 Å². The van der Waals surface area contributed by atoms with E-state index in [-0.39, 0.29) is 11.6 Å². The van der Waals surface area contributed by atoms with E-state index in [1.54, 1.807) is 0 Å². The molecule has 19 heavy (non-hydrogen) atoms. The molecule has 0 saturated heterocycles. The van der Waals surface area contributed by atoms with Crippen molar-refractivity contribution in [1.29, 1.82) is 0 Å². The molecular weight excluding hydrogens is 489 g/mol. The first-order chi connectivity index (χ1) is 8.81. The van der Waals surface area contributed by atoms with Crippen LogP contribution in [0.1, 0.15) is 72.1 Å². The highest BCUT2D eigenvalue weighted by Crippen LogP contribution is 2.38. The molecule has 2 nitrogen and oxygen atoms in total. The second kappa shape index (κ2) is 10.0. The van der Waals surface area contributed by atoms with Crippen molar-refractivity contribution in [2.75, 3.05) is 0 Å². The average Bonchev–Trinajstić information content (AvgIpc) is 2.33. The van der Waals surface area contributed by atoms with E-state index in [1.165, 1.54) is 19.3 Å². The Bertz CT molecular complexity index is 267. The Labute approximate surface area is 150 Å². The lowest BCUT2D eigenvalue weighted by Gasteiger charge is -2.34. The Balaban J connectivity index is 4.62. The second-order valence-electron chi connectivity index (χ2n) is 4.98. The molecule has 0 aromatic carbocycles. The van der Waals surface area contributed by atoms with Gasteiger partial charge in [-0.1, -0.05) is 58.1 Å². The number of rotatable bonds is 10. The van der Waals surface area contributed by atoms with Crippen LogP contribution in [0.4, 0.5) is 0 Å². The number of hydrogen-bond donors (Lipinski definition) is 0. The molecule has 0 aliphatic carbocycles. The summed E-state index contributed by atoms with van der Waals surface area (Å²) in [7, 11) is 0. The predicted molar refractivity (Wildman–Crippen MR) is 99.4 cm³/mol. The van der Waals surface area contributed by atoms with E-state index < -0.39 is 0.888 Å². The minimum atomic E-state index is -0.993. The van der Waals surface area contributed by atoms with E-state index in [2.05, 4.69) is 20.8 Å². The molecule has 114 valence electrons. The largest absolute Gasteiger partial charge is 0.457 e. The van der Waals surface area contributed by atoms with Gasteiger partial charge in [-0.25, -0.2) is 4.79 Å². The van der Waals surface area contributed by atoms with Gasteiger partial charge in [-0.2, -0.15) is 0 Å². The van der Waals surface area contributed by atoms with Gasteiger partial charge in [0.15, 0.2) is 0 Å². The van der Waals surface area contributed by atoms with Gasteiger partial charge in [0.05, 0.1) is 0 Å². The molecule has 0 aromatic rings. The number of carbonyl (C=O) groups excluding carboxylic acids is 1. The zero-order valence-electron chi connectivity index (χ0n) is 12.1. The van der Waals surface area contributed by atoms with Gasteiger partial charge in [0, 0.05) is 0 Å². The van der Waals surface area contributed by atoms with Crippen molar-refractivity contribution in [1.82, 2.24) is 0 Å². The van der Waals surface area contributed by atoms with Gasteiger partial charge in [0.1, 0.15) is 5.60 Å². The third kappa shape index (κ3) is 8.29. The van der Waals surface area contributed by atoms with Crippen LogP contribution in [-0.4, -0.2) is 12.5 Å². The number of halogens is 3. The number of ether oxygens (including phenoxy) is 1. The van der Waals surface area contributed by atoms with Crippen LogP contribution in [0.15, 0.2) is 0 Å². The maximum Gasteiger partial charge on any atom is 0.348 e. The fraction of sp³-hybridized carbons (Fsp3) is 0.929. The standard InChI is InChI=1S/C14H25ClI2O2/c1-4-7-8-9-11-13(6-3,10-5-2)19-12(18)14(15,16)17/h4-11H2,1-3H3. The topological polar surface area (TPSA) is 26.3 Å². The Morgan fingerprint density at radius 2 is 1.68 bits per heavy atom. The summed E-state index contributed by atoms with van der Waals surface area (Å²) in [6.45, 7) is 6.43. The smallest absolute Gasteiger partial charge is 0.348 e. The number of hydrogen-bond acceptors (Lipinski definition) is 2. The molecule has 1 atom stereocenters. The van der Waals surface area contributed by atoms with Crippen LogP contribution in [0.3, 0.4) is 0 Å². The van der Waals surface area contributed by atoms with E-state index in [9.17, 15) is 4.79 Å². The highest BCUT2D eigenvalue weighted by Gasteiger charge is 2.38. The van der Waals surface area contributed by atoms with Gasteiger partial charge < -0.3 is 4.74 Å². The molecule has 0 aliphatic heterocycles. The minimum absolute atomic E-state index is 0.318. The van der Waals surface area contributed by atoms with E-state index >= 15 is 0 Å². The van der Waals surface area contributed by atoms with Crippen molar-refractivity contribution in [3.63, 3.8) is 0 Å². The number of esters is 1. The molecule has 0 heterocycles. The summed E-state index contributed by atoms with van der Waals surface area (Å²) >= 11 is 9.86. The third-order valence-electron chi connectivity index (χ3n) is 3.38. The van der Waals surface area contributed by atoms with Crippen LogP contribution in [-0.2, 0) is 9.53 Å². The van der Waals surface area contributed by atoms with Crippen molar-refractivity contribution >= 4 is 62.8 Å². The molecule has 0 aliphatic rings. The maximum atomic E-state index is 12.0. The Morgan fingerprint density at radius 3 is 2.11 bits per heavy atom. The lowest BCUT2D eigenvalue weighted by Crippen LogP contribution is -2.38. The first kappa shape index (κ1) is 20.2. The SMILES string of the molecule is CCCCCCC(CC)(CCC)OC(=O)C(Cl)(I)I. The molecular formula is C14H25ClI2O2. The molecule has 0 aromatic heterocycles. The quantitative estimate of drug-likeness (QED) is 0.150. The Kier molecular flexibility index (Phi) is 10.7. The minimum Gasteiger partial charge on any atom is -0.457 e. The predicted octanol–water partition coefficient (Wildman–Crippen LogP) is 6.21. The molecule has 0 amide bonds. The van der Waals surface area contributed by atoms with Crippen LogP contribution >= 0.6 is 56.8 Å². The van der Waals surface area contributed by atoms with Crippen molar-refractivity contribution < 1.29 is 9.53 Å².